The molecule has 3 N–H and O–H groups in total. The number of carbonyl (C=O) groups is 1. The molecule has 9 heteroatoms. The number of nitro groups is 1. The summed E-state index contributed by atoms with van der Waals surface area (Å²) in [5.41, 5.74) is 6.62. The molecule has 6 rings (SSSR count). The van der Waals surface area contributed by atoms with E-state index in [2.05, 4.69) is 37.6 Å². The van der Waals surface area contributed by atoms with Crippen molar-refractivity contribution in [3.63, 3.8) is 0 Å². The van der Waals surface area contributed by atoms with Crippen LogP contribution in [0.4, 0.5) is 17.1 Å². The van der Waals surface area contributed by atoms with E-state index in [-0.39, 0.29) is 11.6 Å². The molecule has 1 aromatic heterocycles. The van der Waals surface area contributed by atoms with Gasteiger partial charge in [-0.3, -0.25) is 14.9 Å². The number of aromatic amines is 1. The SMILES string of the molecule is O=C1Nc2ccc([N+](=O)[O-])cc2C1=C(Nc1ccc(C=Cc2c[nH]cn2)cc1)c1ccc(CCN2CCCC2)cc1. The van der Waals surface area contributed by atoms with Crippen molar-refractivity contribution in [1.82, 2.24) is 14.9 Å². The van der Waals surface area contributed by atoms with Crippen molar-refractivity contribution >= 4 is 46.4 Å². The molecule has 3 heterocycles. The van der Waals surface area contributed by atoms with Gasteiger partial charge in [0.05, 0.1) is 28.2 Å². The molecule has 0 aliphatic carbocycles. The first-order valence-corrected chi connectivity index (χ1v) is 13.7. The van der Waals surface area contributed by atoms with Crippen molar-refractivity contribution in [2.75, 3.05) is 30.3 Å². The zero-order chi connectivity index (χ0) is 28.2. The van der Waals surface area contributed by atoms with Gasteiger partial charge in [-0.1, -0.05) is 42.5 Å². The van der Waals surface area contributed by atoms with Crippen LogP contribution in [0.2, 0.25) is 0 Å². The van der Waals surface area contributed by atoms with Gasteiger partial charge in [-0.25, -0.2) is 4.98 Å². The van der Waals surface area contributed by atoms with E-state index in [0.29, 0.717) is 22.5 Å². The van der Waals surface area contributed by atoms with Gasteiger partial charge in [-0.05, 0) is 73.3 Å². The first-order valence-electron chi connectivity index (χ1n) is 13.7. The molecule has 41 heavy (non-hydrogen) atoms. The Morgan fingerprint density at radius 3 is 2.51 bits per heavy atom. The Balaban J connectivity index is 1.33. The zero-order valence-corrected chi connectivity index (χ0v) is 22.5. The van der Waals surface area contributed by atoms with Crippen LogP contribution in [-0.2, 0) is 11.2 Å². The predicted molar refractivity (Wildman–Crippen MR) is 162 cm³/mol. The lowest BCUT2D eigenvalue weighted by atomic mass is 9.98. The monoisotopic (exact) mass is 546 g/mol. The largest absolute Gasteiger partial charge is 0.354 e. The number of nitro benzene ring substituents is 1. The number of anilines is 2. The van der Waals surface area contributed by atoms with Crippen LogP contribution in [0, 0.1) is 10.1 Å². The maximum absolute atomic E-state index is 13.3. The van der Waals surface area contributed by atoms with Gasteiger partial charge in [0.1, 0.15) is 0 Å². The number of likely N-dealkylation sites (tertiary alicyclic amines) is 1. The molecule has 1 saturated heterocycles. The number of hydrogen-bond donors (Lipinski definition) is 3. The fraction of sp³-hybridized carbons (Fsp3) is 0.188. The summed E-state index contributed by atoms with van der Waals surface area (Å²) >= 11 is 0. The standard InChI is InChI=1S/C32H30N6O3/c39-32-30(28-19-27(38(40)41)13-14-29(28)36-32)31(24-8-3-23(4-9-24)15-18-37-16-1-2-17-37)35-25-10-5-22(6-11-25)7-12-26-20-33-21-34-26/h3-14,19-21,35H,1-2,15-18H2,(H,33,34)(H,36,39). The Kier molecular flexibility index (Phi) is 7.42. The summed E-state index contributed by atoms with van der Waals surface area (Å²) in [6.07, 6.45) is 10.8. The second-order valence-electron chi connectivity index (χ2n) is 10.3. The van der Waals surface area contributed by atoms with E-state index in [1.807, 2.05) is 54.7 Å². The van der Waals surface area contributed by atoms with Gasteiger partial charge < -0.3 is 20.5 Å². The molecule has 2 aliphatic heterocycles. The highest BCUT2D eigenvalue weighted by Gasteiger charge is 2.30. The first kappa shape index (κ1) is 26.2. The van der Waals surface area contributed by atoms with Crippen LogP contribution < -0.4 is 10.6 Å². The molecular formula is C32H30N6O3. The van der Waals surface area contributed by atoms with E-state index < -0.39 is 4.92 Å². The van der Waals surface area contributed by atoms with Gasteiger partial charge >= 0.3 is 0 Å². The van der Waals surface area contributed by atoms with Crippen LogP contribution in [0.25, 0.3) is 23.4 Å². The second-order valence-corrected chi connectivity index (χ2v) is 10.3. The lowest BCUT2D eigenvalue weighted by molar-refractivity contribution is -0.384. The smallest absolute Gasteiger partial charge is 0.270 e. The molecule has 1 fully saturated rings. The molecule has 0 atom stereocenters. The summed E-state index contributed by atoms with van der Waals surface area (Å²) in [4.78, 5) is 34.0. The van der Waals surface area contributed by atoms with Crippen LogP contribution in [0.3, 0.4) is 0 Å². The highest BCUT2D eigenvalue weighted by atomic mass is 16.6. The van der Waals surface area contributed by atoms with Crippen molar-refractivity contribution < 1.29 is 9.72 Å². The zero-order valence-electron chi connectivity index (χ0n) is 22.5. The number of hydrogen-bond acceptors (Lipinski definition) is 6. The highest BCUT2D eigenvalue weighted by Crippen LogP contribution is 2.39. The third-order valence-electron chi connectivity index (χ3n) is 7.51. The van der Waals surface area contributed by atoms with Crippen LogP contribution in [0.5, 0.6) is 0 Å². The summed E-state index contributed by atoms with van der Waals surface area (Å²) in [5.74, 6) is -0.306. The second kappa shape index (κ2) is 11.6. The summed E-state index contributed by atoms with van der Waals surface area (Å²) in [7, 11) is 0. The van der Waals surface area contributed by atoms with Crippen molar-refractivity contribution in [2.45, 2.75) is 19.3 Å². The summed E-state index contributed by atoms with van der Waals surface area (Å²) in [6, 6.07) is 20.5. The predicted octanol–water partition coefficient (Wildman–Crippen LogP) is 6.06. The van der Waals surface area contributed by atoms with Crippen LogP contribution in [0.15, 0.2) is 79.3 Å². The number of benzene rings is 3. The average molecular weight is 547 g/mol. The molecule has 4 aromatic rings. The number of fused-ring (bicyclic) bond motifs is 1. The molecule has 3 aromatic carbocycles. The summed E-state index contributed by atoms with van der Waals surface area (Å²) in [5, 5.41) is 17.8. The fourth-order valence-corrected chi connectivity index (χ4v) is 5.29. The molecule has 9 nitrogen and oxygen atoms in total. The van der Waals surface area contributed by atoms with Crippen LogP contribution in [-0.4, -0.2) is 45.3 Å². The van der Waals surface area contributed by atoms with Gasteiger partial charge in [0, 0.05) is 41.8 Å². The number of H-pyrrole nitrogens is 1. The molecule has 2 aliphatic rings. The highest BCUT2D eigenvalue weighted by molar-refractivity contribution is 6.37. The number of non-ortho nitro benzene ring substituents is 1. The third-order valence-corrected chi connectivity index (χ3v) is 7.51. The summed E-state index contributed by atoms with van der Waals surface area (Å²) in [6.45, 7) is 3.36. The van der Waals surface area contributed by atoms with E-state index >= 15 is 0 Å². The number of amides is 1. The van der Waals surface area contributed by atoms with E-state index in [9.17, 15) is 14.9 Å². The summed E-state index contributed by atoms with van der Waals surface area (Å²) < 4.78 is 0. The van der Waals surface area contributed by atoms with Crippen molar-refractivity contribution in [1.29, 1.82) is 0 Å². The Labute approximate surface area is 237 Å². The molecule has 0 unspecified atom stereocenters. The van der Waals surface area contributed by atoms with E-state index in [1.165, 1.54) is 30.5 Å². The molecule has 0 spiro atoms. The lowest BCUT2D eigenvalue weighted by Crippen LogP contribution is -2.21. The van der Waals surface area contributed by atoms with Gasteiger partial charge in [0.15, 0.2) is 0 Å². The Bertz CT molecular complexity index is 1620. The van der Waals surface area contributed by atoms with Crippen LogP contribution in [0.1, 0.15) is 40.8 Å². The van der Waals surface area contributed by atoms with Gasteiger partial charge in [0.2, 0.25) is 0 Å². The molecule has 0 radical (unpaired) electrons. The maximum atomic E-state index is 13.3. The van der Waals surface area contributed by atoms with E-state index in [1.54, 1.807) is 12.4 Å². The molecule has 0 bridgehead atoms. The Morgan fingerprint density at radius 2 is 1.80 bits per heavy atom. The van der Waals surface area contributed by atoms with Crippen molar-refractivity contribution in [2.24, 2.45) is 0 Å². The van der Waals surface area contributed by atoms with E-state index in [0.717, 1.165) is 48.6 Å². The lowest BCUT2D eigenvalue weighted by Gasteiger charge is -2.17. The number of imidazole rings is 1. The molecule has 1 amide bonds. The topological polar surface area (TPSA) is 116 Å². The van der Waals surface area contributed by atoms with Crippen LogP contribution >= 0.6 is 0 Å². The van der Waals surface area contributed by atoms with Gasteiger partial charge in [0.25, 0.3) is 11.6 Å². The maximum Gasteiger partial charge on any atom is 0.270 e. The first-order chi connectivity index (χ1) is 20.0. The molecule has 0 saturated carbocycles. The third kappa shape index (κ3) is 5.95. The fourth-order valence-electron chi connectivity index (χ4n) is 5.29. The number of rotatable bonds is 9. The minimum atomic E-state index is -0.446. The average Bonchev–Trinajstić information content (AvgIpc) is 3.76. The normalized spacial score (nSPS) is 16.1. The molecule has 206 valence electrons. The van der Waals surface area contributed by atoms with E-state index in [4.69, 9.17) is 0 Å². The minimum absolute atomic E-state index is 0.0672. The van der Waals surface area contributed by atoms with Gasteiger partial charge in [-0.15, -0.1) is 0 Å². The minimum Gasteiger partial charge on any atom is -0.354 e. The number of nitrogens with one attached hydrogen (secondary N) is 3. The van der Waals surface area contributed by atoms with Crippen molar-refractivity contribution in [3.8, 4) is 0 Å². The number of carbonyl (C=O) groups excluding carboxylic acids is 1. The number of aromatic nitrogens is 2. The van der Waals surface area contributed by atoms with Crippen molar-refractivity contribution in [3.05, 3.63) is 117 Å². The Morgan fingerprint density at radius 1 is 1.02 bits per heavy atom. The number of nitrogens with zero attached hydrogens (tertiary/aromatic N) is 3. The Hall–Kier alpha value is -5.02. The van der Waals surface area contributed by atoms with Gasteiger partial charge in [-0.2, -0.15) is 0 Å². The quantitative estimate of drug-likeness (QED) is 0.134. The molecular weight excluding hydrogens is 516 g/mol.